The standard InChI is InChI=1S/C9H17NO3/c1-9(2,13)5-3-4-6-10-7-8(11)12/h3-4,10,13H,5-7H2,1-2H3,(H,11,12)/b4-3+. The number of rotatable bonds is 6. The fraction of sp³-hybridized carbons (Fsp3) is 0.667. The van der Waals surface area contributed by atoms with E-state index in [2.05, 4.69) is 5.32 Å². The van der Waals surface area contributed by atoms with Crippen molar-refractivity contribution in [3.8, 4) is 0 Å². The monoisotopic (exact) mass is 187 g/mol. The highest BCUT2D eigenvalue weighted by molar-refractivity contribution is 5.68. The Hall–Kier alpha value is -0.870. The summed E-state index contributed by atoms with van der Waals surface area (Å²) in [5.74, 6) is -0.865. The van der Waals surface area contributed by atoms with Crippen molar-refractivity contribution in [2.45, 2.75) is 25.9 Å². The molecule has 0 saturated carbocycles. The van der Waals surface area contributed by atoms with Crippen molar-refractivity contribution in [1.82, 2.24) is 5.32 Å². The van der Waals surface area contributed by atoms with Gasteiger partial charge in [0.1, 0.15) is 0 Å². The van der Waals surface area contributed by atoms with Gasteiger partial charge in [0.2, 0.25) is 0 Å². The lowest BCUT2D eigenvalue weighted by Gasteiger charge is -2.13. The van der Waals surface area contributed by atoms with Crippen LogP contribution < -0.4 is 5.32 Å². The van der Waals surface area contributed by atoms with E-state index in [9.17, 15) is 9.90 Å². The topological polar surface area (TPSA) is 69.6 Å². The number of carboxylic acid groups (broad SMARTS) is 1. The maximum atomic E-state index is 10.1. The minimum absolute atomic E-state index is 0.0349. The van der Waals surface area contributed by atoms with E-state index in [0.29, 0.717) is 13.0 Å². The average Bonchev–Trinajstić information content (AvgIpc) is 1.93. The van der Waals surface area contributed by atoms with Crippen LogP contribution >= 0.6 is 0 Å². The van der Waals surface area contributed by atoms with Crippen molar-refractivity contribution >= 4 is 5.97 Å². The van der Waals surface area contributed by atoms with E-state index in [4.69, 9.17) is 5.11 Å². The molecule has 76 valence electrons. The molecular weight excluding hydrogens is 170 g/mol. The summed E-state index contributed by atoms with van der Waals surface area (Å²) in [4.78, 5) is 10.1. The zero-order valence-electron chi connectivity index (χ0n) is 8.08. The van der Waals surface area contributed by atoms with Crippen molar-refractivity contribution in [3.63, 3.8) is 0 Å². The molecule has 3 N–H and O–H groups in total. The zero-order chi connectivity index (χ0) is 10.3. The van der Waals surface area contributed by atoms with E-state index < -0.39 is 11.6 Å². The molecule has 0 rings (SSSR count). The van der Waals surface area contributed by atoms with Gasteiger partial charge < -0.3 is 15.5 Å². The van der Waals surface area contributed by atoms with Gasteiger partial charge in [-0.2, -0.15) is 0 Å². The molecule has 0 aromatic heterocycles. The van der Waals surface area contributed by atoms with Crippen LogP contribution in [0.5, 0.6) is 0 Å². The summed E-state index contributed by atoms with van der Waals surface area (Å²) in [5.41, 5.74) is -0.691. The van der Waals surface area contributed by atoms with E-state index in [0.717, 1.165) is 0 Å². The van der Waals surface area contributed by atoms with Gasteiger partial charge in [0.05, 0.1) is 12.1 Å². The highest BCUT2D eigenvalue weighted by atomic mass is 16.4. The van der Waals surface area contributed by atoms with Crippen LogP contribution in [0.1, 0.15) is 20.3 Å². The number of carbonyl (C=O) groups is 1. The van der Waals surface area contributed by atoms with E-state index in [-0.39, 0.29) is 6.54 Å². The predicted octanol–water partition coefficient (Wildman–Crippen LogP) is 0.378. The van der Waals surface area contributed by atoms with E-state index >= 15 is 0 Å². The molecule has 0 aliphatic carbocycles. The maximum absolute atomic E-state index is 10.1. The Balaban J connectivity index is 3.38. The van der Waals surface area contributed by atoms with E-state index in [1.165, 1.54) is 0 Å². The molecule has 0 aliphatic heterocycles. The van der Waals surface area contributed by atoms with Crippen molar-refractivity contribution in [2.24, 2.45) is 0 Å². The Morgan fingerprint density at radius 2 is 2.08 bits per heavy atom. The van der Waals surface area contributed by atoms with E-state index in [1.807, 2.05) is 6.08 Å². The van der Waals surface area contributed by atoms with Crippen LogP contribution in [0.4, 0.5) is 0 Å². The number of hydrogen-bond donors (Lipinski definition) is 3. The molecule has 0 saturated heterocycles. The predicted molar refractivity (Wildman–Crippen MR) is 50.6 cm³/mol. The SMILES string of the molecule is CC(C)(O)C/C=C/CNCC(=O)O. The zero-order valence-corrected chi connectivity index (χ0v) is 8.08. The Morgan fingerprint density at radius 3 is 2.54 bits per heavy atom. The molecule has 0 amide bonds. The van der Waals surface area contributed by atoms with Gasteiger partial charge in [0.25, 0.3) is 0 Å². The van der Waals surface area contributed by atoms with Crippen LogP contribution in [0.25, 0.3) is 0 Å². The van der Waals surface area contributed by atoms with Crippen LogP contribution in [0.3, 0.4) is 0 Å². The number of nitrogens with one attached hydrogen (secondary N) is 1. The number of hydrogen-bond acceptors (Lipinski definition) is 3. The normalized spacial score (nSPS) is 12.2. The molecule has 0 unspecified atom stereocenters. The van der Waals surface area contributed by atoms with Gasteiger partial charge in [-0.05, 0) is 20.3 Å². The lowest BCUT2D eigenvalue weighted by Crippen LogP contribution is -2.22. The van der Waals surface area contributed by atoms with Gasteiger partial charge in [-0.15, -0.1) is 0 Å². The highest BCUT2D eigenvalue weighted by Gasteiger charge is 2.08. The molecule has 0 heterocycles. The third kappa shape index (κ3) is 11.1. The number of aliphatic hydroxyl groups is 1. The third-order valence-corrected chi connectivity index (χ3v) is 1.32. The minimum atomic E-state index is -0.865. The Kier molecular flexibility index (Phi) is 5.34. The first kappa shape index (κ1) is 12.1. The van der Waals surface area contributed by atoms with Crippen molar-refractivity contribution in [3.05, 3.63) is 12.2 Å². The van der Waals surface area contributed by atoms with Gasteiger partial charge in [0, 0.05) is 6.54 Å². The van der Waals surface area contributed by atoms with E-state index in [1.54, 1.807) is 19.9 Å². The second kappa shape index (κ2) is 5.72. The lowest BCUT2D eigenvalue weighted by atomic mass is 10.1. The Morgan fingerprint density at radius 1 is 1.46 bits per heavy atom. The second-order valence-corrected chi connectivity index (χ2v) is 3.51. The highest BCUT2D eigenvalue weighted by Crippen LogP contribution is 2.06. The van der Waals surface area contributed by atoms with Crippen LogP contribution in [-0.2, 0) is 4.79 Å². The number of aliphatic carboxylic acids is 1. The smallest absolute Gasteiger partial charge is 0.317 e. The van der Waals surface area contributed by atoms with Crippen LogP contribution in [0, 0.1) is 0 Å². The van der Waals surface area contributed by atoms with Crippen LogP contribution in [-0.4, -0.2) is 34.9 Å². The van der Waals surface area contributed by atoms with Crippen molar-refractivity contribution < 1.29 is 15.0 Å². The molecule has 0 fully saturated rings. The molecule has 0 spiro atoms. The molecule has 4 nitrogen and oxygen atoms in total. The Labute approximate surface area is 78.3 Å². The second-order valence-electron chi connectivity index (χ2n) is 3.51. The van der Waals surface area contributed by atoms with Crippen LogP contribution in [0.15, 0.2) is 12.2 Å². The third-order valence-electron chi connectivity index (χ3n) is 1.32. The molecule has 0 atom stereocenters. The molecule has 0 bridgehead atoms. The van der Waals surface area contributed by atoms with Crippen molar-refractivity contribution in [1.29, 1.82) is 0 Å². The van der Waals surface area contributed by atoms with Crippen molar-refractivity contribution in [2.75, 3.05) is 13.1 Å². The summed E-state index contributed by atoms with van der Waals surface area (Å²) in [6.45, 7) is 3.93. The maximum Gasteiger partial charge on any atom is 0.317 e. The first-order valence-corrected chi connectivity index (χ1v) is 4.22. The molecular formula is C9H17NO3. The molecule has 13 heavy (non-hydrogen) atoms. The molecule has 0 radical (unpaired) electrons. The molecule has 0 aliphatic rings. The largest absolute Gasteiger partial charge is 0.480 e. The quantitative estimate of drug-likeness (QED) is 0.415. The minimum Gasteiger partial charge on any atom is -0.480 e. The summed E-state index contributed by atoms with van der Waals surface area (Å²) in [6.07, 6.45) is 4.21. The summed E-state index contributed by atoms with van der Waals surface area (Å²) < 4.78 is 0. The van der Waals surface area contributed by atoms with Gasteiger partial charge >= 0.3 is 5.97 Å². The van der Waals surface area contributed by atoms with Gasteiger partial charge in [-0.3, -0.25) is 4.79 Å². The summed E-state index contributed by atoms with van der Waals surface area (Å²) in [7, 11) is 0. The summed E-state index contributed by atoms with van der Waals surface area (Å²) in [5, 5.41) is 20.3. The van der Waals surface area contributed by atoms with Gasteiger partial charge in [-0.25, -0.2) is 0 Å². The molecule has 4 heteroatoms. The summed E-state index contributed by atoms with van der Waals surface area (Å²) in [6, 6.07) is 0. The fourth-order valence-electron chi connectivity index (χ4n) is 0.718. The van der Waals surface area contributed by atoms with Crippen LogP contribution in [0.2, 0.25) is 0 Å². The first-order valence-electron chi connectivity index (χ1n) is 4.22. The number of carboxylic acids is 1. The summed E-state index contributed by atoms with van der Waals surface area (Å²) >= 11 is 0. The van der Waals surface area contributed by atoms with Gasteiger partial charge in [0.15, 0.2) is 0 Å². The molecule has 0 aromatic carbocycles. The molecule has 0 aromatic rings. The lowest BCUT2D eigenvalue weighted by molar-refractivity contribution is -0.135. The fourth-order valence-corrected chi connectivity index (χ4v) is 0.718. The first-order chi connectivity index (χ1) is 5.92. The van der Waals surface area contributed by atoms with Gasteiger partial charge in [-0.1, -0.05) is 12.2 Å². The Bertz CT molecular complexity index is 182. The average molecular weight is 187 g/mol.